The van der Waals surface area contributed by atoms with Gasteiger partial charge < -0.3 is 9.88 Å². The largest absolute Gasteiger partial charge is 0.340 e. The number of benzene rings is 1. The van der Waals surface area contributed by atoms with Gasteiger partial charge in [0.25, 0.3) is 5.56 Å². The van der Waals surface area contributed by atoms with E-state index in [-0.39, 0.29) is 29.1 Å². The molecule has 0 bridgehead atoms. The highest BCUT2D eigenvalue weighted by atomic mass is 79.9. The van der Waals surface area contributed by atoms with E-state index in [1.54, 1.807) is 26.1 Å². The Bertz CT molecular complexity index is 1130. The second kappa shape index (κ2) is 8.97. The zero-order chi connectivity index (χ0) is 21.3. The van der Waals surface area contributed by atoms with Gasteiger partial charge >= 0.3 is 0 Å². The zero-order valence-corrected chi connectivity index (χ0v) is 19.7. The monoisotopic (exact) mass is 497 g/mol. The smallest absolute Gasteiger partial charge is 0.259 e. The summed E-state index contributed by atoms with van der Waals surface area (Å²) in [5.41, 5.74) is 1.27. The van der Waals surface area contributed by atoms with E-state index in [1.165, 1.54) is 34.1 Å². The number of thioether (sulfide) groups is 1. The van der Waals surface area contributed by atoms with E-state index in [4.69, 9.17) is 0 Å². The molecule has 0 aliphatic rings. The van der Waals surface area contributed by atoms with Gasteiger partial charge in [0.05, 0.1) is 16.4 Å². The van der Waals surface area contributed by atoms with E-state index in [9.17, 15) is 14.0 Å². The molecule has 0 radical (unpaired) electrons. The van der Waals surface area contributed by atoms with Crippen LogP contribution in [0.4, 0.5) is 4.39 Å². The molecule has 154 valence electrons. The van der Waals surface area contributed by atoms with Crippen molar-refractivity contribution in [1.82, 2.24) is 14.9 Å². The van der Waals surface area contributed by atoms with Crippen molar-refractivity contribution in [2.24, 2.45) is 0 Å². The first-order valence-electron chi connectivity index (χ1n) is 8.96. The number of aromatic amines is 1. The SMILES string of the molecule is Cc1sc2nc(CSC(C)C(=O)N(C)Cc3cc(Br)ccc3F)[nH]c(=O)c2c1C. The van der Waals surface area contributed by atoms with Gasteiger partial charge in [-0.3, -0.25) is 9.59 Å². The lowest BCUT2D eigenvalue weighted by atomic mass is 10.2. The molecular weight excluding hydrogens is 477 g/mol. The fourth-order valence-corrected chi connectivity index (χ4v) is 5.28. The van der Waals surface area contributed by atoms with E-state index >= 15 is 0 Å². The van der Waals surface area contributed by atoms with Crippen molar-refractivity contribution in [3.63, 3.8) is 0 Å². The number of amides is 1. The number of halogens is 2. The highest BCUT2D eigenvalue weighted by molar-refractivity contribution is 9.10. The zero-order valence-electron chi connectivity index (χ0n) is 16.5. The van der Waals surface area contributed by atoms with Crippen molar-refractivity contribution in [2.45, 2.75) is 38.3 Å². The number of hydrogen-bond acceptors (Lipinski definition) is 5. The highest BCUT2D eigenvalue weighted by Crippen LogP contribution is 2.27. The van der Waals surface area contributed by atoms with E-state index in [2.05, 4.69) is 25.9 Å². The van der Waals surface area contributed by atoms with Crippen LogP contribution in [-0.2, 0) is 17.1 Å². The Morgan fingerprint density at radius 1 is 1.41 bits per heavy atom. The molecule has 0 aliphatic heterocycles. The Morgan fingerprint density at radius 3 is 2.86 bits per heavy atom. The van der Waals surface area contributed by atoms with Gasteiger partial charge in [0.1, 0.15) is 16.5 Å². The van der Waals surface area contributed by atoms with Crippen LogP contribution in [0.3, 0.4) is 0 Å². The molecule has 5 nitrogen and oxygen atoms in total. The molecule has 0 saturated carbocycles. The van der Waals surface area contributed by atoms with E-state index < -0.39 is 0 Å². The number of carbonyl (C=O) groups is 1. The average Bonchev–Trinajstić information content (AvgIpc) is 2.96. The first-order valence-corrected chi connectivity index (χ1v) is 11.6. The minimum atomic E-state index is -0.358. The number of rotatable bonds is 6. The van der Waals surface area contributed by atoms with Gasteiger partial charge in [-0.15, -0.1) is 23.1 Å². The molecule has 0 fully saturated rings. The summed E-state index contributed by atoms with van der Waals surface area (Å²) >= 11 is 6.21. The minimum absolute atomic E-state index is 0.111. The summed E-state index contributed by atoms with van der Waals surface area (Å²) in [7, 11) is 1.66. The summed E-state index contributed by atoms with van der Waals surface area (Å²) in [6.07, 6.45) is 0. The fraction of sp³-hybridized carbons (Fsp3) is 0.350. The lowest BCUT2D eigenvalue weighted by Gasteiger charge is -2.21. The maximum Gasteiger partial charge on any atom is 0.259 e. The predicted octanol–water partition coefficient (Wildman–Crippen LogP) is 4.78. The Morgan fingerprint density at radius 2 is 2.14 bits per heavy atom. The molecule has 1 unspecified atom stereocenters. The van der Waals surface area contributed by atoms with E-state index in [0.717, 1.165) is 19.7 Å². The number of nitrogens with zero attached hydrogens (tertiary/aromatic N) is 2. The number of aryl methyl sites for hydroxylation is 2. The quantitative estimate of drug-likeness (QED) is 0.531. The van der Waals surface area contributed by atoms with Crippen molar-refractivity contribution in [3.05, 3.63) is 60.7 Å². The molecule has 2 aromatic heterocycles. The Balaban J connectivity index is 1.66. The summed E-state index contributed by atoms with van der Waals surface area (Å²) in [5, 5.41) is 0.282. The number of nitrogens with one attached hydrogen (secondary N) is 1. The van der Waals surface area contributed by atoms with Gasteiger partial charge in [-0.1, -0.05) is 15.9 Å². The Kier molecular flexibility index (Phi) is 6.80. The molecule has 1 aromatic carbocycles. The van der Waals surface area contributed by atoms with Crippen LogP contribution in [0.1, 0.15) is 28.8 Å². The third kappa shape index (κ3) is 4.90. The second-order valence-electron chi connectivity index (χ2n) is 6.86. The molecule has 3 rings (SSSR count). The van der Waals surface area contributed by atoms with E-state index in [0.29, 0.717) is 22.5 Å². The number of fused-ring (bicyclic) bond motifs is 1. The van der Waals surface area contributed by atoms with Crippen LogP contribution in [-0.4, -0.2) is 33.1 Å². The van der Waals surface area contributed by atoms with Crippen molar-refractivity contribution in [2.75, 3.05) is 7.05 Å². The van der Waals surface area contributed by atoms with Gasteiger partial charge in [-0.2, -0.15) is 0 Å². The maximum atomic E-state index is 14.0. The average molecular weight is 498 g/mol. The van der Waals surface area contributed by atoms with Crippen LogP contribution in [0, 0.1) is 19.7 Å². The number of thiophene rings is 1. The molecule has 1 N–H and O–H groups in total. The lowest BCUT2D eigenvalue weighted by Crippen LogP contribution is -2.33. The second-order valence-corrected chi connectivity index (χ2v) is 10.3. The van der Waals surface area contributed by atoms with Crippen molar-refractivity contribution < 1.29 is 9.18 Å². The summed E-state index contributed by atoms with van der Waals surface area (Å²) in [6.45, 7) is 5.88. The summed E-state index contributed by atoms with van der Waals surface area (Å²) in [5.74, 6) is 0.507. The number of hydrogen-bond donors (Lipinski definition) is 1. The van der Waals surface area contributed by atoms with Gasteiger partial charge in [0.2, 0.25) is 5.91 Å². The Labute approximate surface area is 184 Å². The molecule has 1 atom stereocenters. The van der Waals surface area contributed by atoms with Crippen molar-refractivity contribution in [3.8, 4) is 0 Å². The number of aromatic nitrogens is 2. The molecule has 0 aliphatic carbocycles. The fourth-order valence-electron chi connectivity index (χ4n) is 2.95. The molecule has 1 amide bonds. The molecule has 29 heavy (non-hydrogen) atoms. The minimum Gasteiger partial charge on any atom is -0.340 e. The van der Waals surface area contributed by atoms with E-state index in [1.807, 2.05) is 13.8 Å². The first-order chi connectivity index (χ1) is 13.7. The van der Waals surface area contributed by atoms with Crippen LogP contribution >= 0.6 is 39.0 Å². The molecule has 2 heterocycles. The summed E-state index contributed by atoms with van der Waals surface area (Å²) in [4.78, 5) is 35.7. The highest BCUT2D eigenvalue weighted by Gasteiger charge is 2.20. The van der Waals surface area contributed by atoms with Gasteiger partial charge in [-0.25, -0.2) is 9.37 Å². The topological polar surface area (TPSA) is 66.1 Å². The maximum absolute atomic E-state index is 14.0. The van der Waals surface area contributed by atoms with Crippen molar-refractivity contribution in [1.29, 1.82) is 0 Å². The first kappa shape index (κ1) is 22.0. The molecule has 3 aromatic rings. The van der Waals surface area contributed by atoms with Crippen LogP contribution in [0.25, 0.3) is 10.2 Å². The summed E-state index contributed by atoms with van der Waals surface area (Å²) < 4.78 is 14.7. The Hall–Kier alpha value is -1.71. The normalized spacial score (nSPS) is 12.3. The van der Waals surface area contributed by atoms with Crippen LogP contribution in [0.5, 0.6) is 0 Å². The molecular formula is C20H21BrFN3O2S2. The molecule has 0 spiro atoms. The van der Waals surface area contributed by atoms with Crippen LogP contribution in [0.2, 0.25) is 0 Å². The number of carbonyl (C=O) groups excluding carboxylic acids is 1. The van der Waals surface area contributed by atoms with Gasteiger partial charge in [0, 0.05) is 28.5 Å². The third-order valence-corrected chi connectivity index (χ3v) is 7.43. The molecule has 9 heteroatoms. The van der Waals surface area contributed by atoms with Gasteiger partial charge in [-0.05, 0) is 44.5 Å². The van der Waals surface area contributed by atoms with Crippen molar-refractivity contribution >= 4 is 55.2 Å². The lowest BCUT2D eigenvalue weighted by molar-refractivity contribution is -0.129. The van der Waals surface area contributed by atoms with Crippen LogP contribution < -0.4 is 5.56 Å². The molecule has 0 saturated heterocycles. The van der Waals surface area contributed by atoms with Crippen LogP contribution in [0.15, 0.2) is 27.5 Å². The van der Waals surface area contributed by atoms with Gasteiger partial charge in [0.15, 0.2) is 0 Å². The third-order valence-electron chi connectivity index (χ3n) is 4.70. The number of H-pyrrole nitrogens is 1. The standard InChI is InChI=1S/C20H21BrFN3O2S2/c1-10-11(2)29-19-17(10)18(26)23-16(24-19)9-28-12(3)20(27)25(4)8-13-7-14(21)5-6-15(13)22/h5-7,12H,8-9H2,1-4H3,(H,23,24,26). The predicted molar refractivity (Wildman–Crippen MR) is 121 cm³/mol. The summed E-state index contributed by atoms with van der Waals surface area (Å²) in [6, 6.07) is 4.67.